The maximum atomic E-state index is 11.9. The Morgan fingerprint density at radius 1 is 0.559 bits per heavy atom. The minimum atomic E-state index is -0.334. The average molecular weight is 816 g/mol. The van der Waals surface area contributed by atoms with Gasteiger partial charge in [-0.15, -0.1) is 10.2 Å². The molecule has 0 bridgehead atoms. The van der Waals surface area contributed by atoms with Crippen molar-refractivity contribution in [3.63, 3.8) is 0 Å². The highest BCUT2D eigenvalue weighted by Gasteiger charge is 2.18. The molecule has 0 saturated heterocycles. The molecule has 318 valence electrons. The van der Waals surface area contributed by atoms with Gasteiger partial charge in [-0.3, -0.25) is 29.0 Å². The van der Waals surface area contributed by atoms with Gasteiger partial charge in [-0.25, -0.2) is 9.36 Å². The Hall–Kier alpha value is -5.68. The van der Waals surface area contributed by atoms with Crippen molar-refractivity contribution in [3.05, 3.63) is 60.2 Å². The summed E-state index contributed by atoms with van der Waals surface area (Å²) in [6, 6.07) is 12.6. The third-order valence-corrected chi connectivity index (χ3v) is 10.4. The zero-order chi connectivity index (χ0) is 42.1. The second kappa shape index (κ2) is 22.5. The van der Waals surface area contributed by atoms with E-state index in [4.69, 9.17) is 18.9 Å². The van der Waals surface area contributed by atoms with Crippen LogP contribution in [0.15, 0.2) is 48.8 Å². The van der Waals surface area contributed by atoms with Crippen LogP contribution in [0, 0.1) is 0 Å². The Kier molecular flexibility index (Phi) is 16.9. The Balaban J connectivity index is 1.43. The van der Waals surface area contributed by atoms with Gasteiger partial charge in [0.2, 0.25) is 0 Å². The Labute approximate surface area is 344 Å². The molecule has 3 heterocycles. The zero-order valence-corrected chi connectivity index (χ0v) is 34.9. The molecular formula is C42H57N9O8. The molecule has 59 heavy (non-hydrogen) atoms. The molecule has 0 radical (unpaired) electrons. The Morgan fingerprint density at radius 2 is 0.949 bits per heavy atom. The maximum Gasteiger partial charge on any atom is 0.306 e. The predicted molar refractivity (Wildman–Crippen MR) is 220 cm³/mol. The molecule has 0 N–H and O–H groups in total. The quantitative estimate of drug-likeness (QED) is 0.0428. The highest BCUT2D eigenvalue weighted by molar-refractivity contribution is 6.09. The van der Waals surface area contributed by atoms with Crippen molar-refractivity contribution in [3.8, 4) is 11.4 Å². The fourth-order valence-electron chi connectivity index (χ4n) is 7.05. The maximum absolute atomic E-state index is 11.9. The number of nitrogens with zero attached hydrogens (tertiary/aromatic N) is 9. The van der Waals surface area contributed by atoms with E-state index in [-0.39, 0.29) is 49.6 Å². The number of hydrogen-bond acceptors (Lipinski definition) is 14. The molecule has 3 aromatic heterocycles. The lowest BCUT2D eigenvalue weighted by Crippen LogP contribution is -2.29. The van der Waals surface area contributed by atoms with Crippen molar-refractivity contribution in [2.75, 3.05) is 54.6 Å². The second-order valence-corrected chi connectivity index (χ2v) is 14.5. The molecule has 5 rings (SSSR count). The van der Waals surface area contributed by atoms with E-state index in [9.17, 15) is 19.2 Å². The summed E-state index contributed by atoms with van der Waals surface area (Å²) in [6.45, 7) is 5.42. The molecule has 0 unspecified atom stereocenters. The van der Waals surface area contributed by atoms with Gasteiger partial charge >= 0.3 is 23.9 Å². The van der Waals surface area contributed by atoms with Crippen LogP contribution in [0.2, 0.25) is 0 Å². The van der Waals surface area contributed by atoms with Crippen LogP contribution in [0.4, 0.5) is 0 Å². The van der Waals surface area contributed by atoms with Gasteiger partial charge in [-0.2, -0.15) is 0 Å². The molecule has 0 atom stereocenters. The number of unbranched alkanes of at least 4 members (excludes halogenated alkanes) is 5. The standard InChI is InChI=1S/C42H57N9O8/c1-6-7-8-9-10-11-20-49-37-14-12-33(50-29-31(43-45-50)27-47(21-16-39(52)56-2)22-17-40(53)57-3)25-35(37)36-26-34(13-15-38(36)49)51-30-32(44-46-51)28-48(23-18-41(54)58-4)24-19-42(55)59-5/h12-15,25-26,29-30H,6-11,16-24,27-28H2,1-5H3. The topological polar surface area (TPSA) is 178 Å². The van der Waals surface area contributed by atoms with Crippen molar-refractivity contribution in [2.45, 2.75) is 90.8 Å². The van der Waals surface area contributed by atoms with Gasteiger partial charge in [0, 0.05) is 67.6 Å². The summed E-state index contributed by atoms with van der Waals surface area (Å²) in [4.78, 5) is 51.5. The van der Waals surface area contributed by atoms with E-state index in [1.807, 2.05) is 34.3 Å². The van der Waals surface area contributed by atoms with Crippen LogP contribution >= 0.6 is 0 Å². The average Bonchev–Trinajstić information content (AvgIpc) is 4.01. The van der Waals surface area contributed by atoms with Crippen LogP contribution in [-0.4, -0.2) is 123 Å². The van der Waals surface area contributed by atoms with Crippen LogP contribution < -0.4 is 0 Å². The van der Waals surface area contributed by atoms with E-state index in [1.165, 1.54) is 54.1 Å². The number of rotatable bonds is 25. The van der Waals surface area contributed by atoms with Crippen molar-refractivity contribution < 1.29 is 38.1 Å². The molecule has 0 saturated carbocycles. The van der Waals surface area contributed by atoms with Crippen LogP contribution in [0.3, 0.4) is 0 Å². The molecule has 2 aromatic carbocycles. The summed E-state index contributed by atoms with van der Waals surface area (Å²) in [5.41, 5.74) is 5.25. The van der Waals surface area contributed by atoms with Crippen LogP contribution in [0.25, 0.3) is 33.2 Å². The SMILES string of the molecule is CCCCCCCCn1c2ccc(-n3cc(CN(CCC(=O)OC)CCC(=O)OC)nn3)cc2c2cc(-n3cc(CN(CCC(=O)OC)CCC(=O)OC)nn3)ccc21. The first kappa shape index (κ1) is 44.4. The molecule has 5 aromatic rings. The molecule has 0 amide bonds. The van der Waals surface area contributed by atoms with Gasteiger partial charge in [0.05, 0.1) is 89.3 Å². The Bertz CT molecular complexity index is 1980. The van der Waals surface area contributed by atoms with Crippen LogP contribution in [0.5, 0.6) is 0 Å². The molecule has 0 aliphatic heterocycles. The van der Waals surface area contributed by atoms with Gasteiger partial charge in [0.1, 0.15) is 0 Å². The number of ether oxygens (including phenoxy) is 4. The Morgan fingerprint density at radius 3 is 1.34 bits per heavy atom. The smallest absolute Gasteiger partial charge is 0.306 e. The molecule has 17 heteroatoms. The number of esters is 4. The number of aryl methyl sites for hydroxylation is 1. The minimum absolute atomic E-state index is 0.176. The van der Waals surface area contributed by atoms with Crippen molar-refractivity contribution in [2.24, 2.45) is 0 Å². The molecule has 0 spiro atoms. The largest absolute Gasteiger partial charge is 0.469 e. The normalized spacial score (nSPS) is 11.5. The number of methoxy groups -OCH3 is 4. The van der Waals surface area contributed by atoms with Gasteiger partial charge in [-0.05, 0) is 42.8 Å². The van der Waals surface area contributed by atoms with E-state index < -0.39 is 0 Å². The first-order chi connectivity index (χ1) is 28.7. The predicted octanol–water partition coefficient (Wildman–Crippen LogP) is 5.17. The number of hydrogen-bond donors (Lipinski definition) is 0. The fraction of sp³-hybridized carbons (Fsp3) is 0.524. The van der Waals surface area contributed by atoms with Gasteiger partial charge in [0.15, 0.2) is 0 Å². The van der Waals surface area contributed by atoms with E-state index >= 15 is 0 Å². The van der Waals surface area contributed by atoms with Gasteiger partial charge in [0.25, 0.3) is 0 Å². The fourth-order valence-corrected chi connectivity index (χ4v) is 7.05. The number of carbonyl (C=O) groups excluding carboxylic acids is 4. The third-order valence-electron chi connectivity index (χ3n) is 10.4. The van der Waals surface area contributed by atoms with E-state index in [2.05, 4.69) is 56.4 Å². The summed E-state index contributed by atoms with van der Waals surface area (Å²) < 4.78 is 25.2. The van der Waals surface area contributed by atoms with Crippen LogP contribution in [0.1, 0.15) is 82.5 Å². The summed E-state index contributed by atoms with van der Waals surface area (Å²) >= 11 is 0. The first-order valence-corrected chi connectivity index (χ1v) is 20.3. The molecule has 17 nitrogen and oxygen atoms in total. The number of benzene rings is 2. The lowest BCUT2D eigenvalue weighted by atomic mass is 10.1. The van der Waals surface area contributed by atoms with E-state index in [0.717, 1.165) is 52.6 Å². The molecule has 0 fully saturated rings. The van der Waals surface area contributed by atoms with Crippen molar-refractivity contribution in [1.29, 1.82) is 0 Å². The van der Waals surface area contributed by atoms with E-state index in [0.29, 0.717) is 50.7 Å². The number of fused-ring (bicyclic) bond motifs is 3. The second-order valence-electron chi connectivity index (χ2n) is 14.5. The minimum Gasteiger partial charge on any atom is -0.469 e. The van der Waals surface area contributed by atoms with Crippen molar-refractivity contribution >= 4 is 45.7 Å². The van der Waals surface area contributed by atoms with Crippen LogP contribution in [-0.2, 0) is 57.8 Å². The zero-order valence-electron chi connectivity index (χ0n) is 34.9. The molecular weight excluding hydrogens is 759 g/mol. The highest BCUT2D eigenvalue weighted by Crippen LogP contribution is 2.33. The lowest BCUT2D eigenvalue weighted by molar-refractivity contribution is -0.143. The summed E-state index contributed by atoms with van der Waals surface area (Å²) in [5, 5.41) is 19.9. The van der Waals surface area contributed by atoms with Gasteiger partial charge in [-0.1, -0.05) is 49.5 Å². The monoisotopic (exact) mass is 815 g/mol. The number of aromatic nitrogens is 7. The summed E-state index contributed by atoms with van der Waals surface area (Å²) in [5.74, 6) is -1.33. The molecule has 0 aliphatic rings. The highest BCUT2D eigenvalue weighted by atomic mass is 16.5. The van der Waals surface area contributed by atoms with Gasteiger partial charge < -0.3 is 23.5 Å². The summed E-state index contributed by atoms with van der Waals surface area (Å²) in [7, 11) is 5.41. The lowest BCUT2D eigenvalue weighted by Gasteiger charge is -2.19. The number of carbonyl (C=O) groups is 4. The van der Waals surface area contributed by atoms with Crippen molar-refractivity contribution in [1.82, 2.24) is 44.4 Å². The third kappa shape index (κ3) is 12.7. The van der Waals surface area contributed by atoms with E-state index in [1.54, 1.807) is 9.36 Å². The first-order valence-electron chi connectivity index (χ1n) is 20.3. The molecule has 0 aliphatic carbocycles. The summed E-state index contributed by atoms with van der Waals surface area (Å²) in [6.07, 6.45) is 11.6.